The summed E-state index contributed by atoms with van der Waals surface area (Å²) in [7, 11) is 0. The molecular weight excluding hydrogens is 353 g/mol. The zero-order valence-corrected chi connectivity index (χ0v) is 14.1. The quantitative estimate of drug-likeness (QED) is 0.325. The van der Waals surface area contributed by atoms with Gasteiger partial charge in [-0.15, -0.1) is 0 Å². The predicted molar refractivity (Wildman–Crippen MR) is 96.8 cm³/mol. The minimum Gasteiger partial charge on any atom is -0.507 e. The van der Waals surface area contributed by atoms with Crippen molar-refractivity contribution in [2.45, 2.75) is 6.42 Å². The minimum absolute atomic E-state index is 0.0603. The van der Waals surface area contributed by atoms with E-state index in [1.807, 2.05) is 0 Å². The molecule has 6 nitrogen and oxygen atoms in total. The van der Waals surface area contributed by atoms with Gasteiger partial charge in [0.25, 0.3) is 5.69 Å². The van der Waals surface area contributed by atoms with Crippen LogP contribution in [0.2, 0.25) is 10.0 Å². The summed E-state index contributed by atoms with van der Waals surface area (Å²) in [6, 6.07) is 9.24. The summed E-state index contributed by atoms with van der Waals surface area (Å²) < 4.78 is 0. The van der Waals surface area contributed by atoms with E-state index >= 15 is 0 Å². The van der Waals surface area contributed by atoms with Gasteiger partial charge in [-0.2, -0.15) is 0 Å². The average molecular weight is 368 g/mol. The van der Waals surface area contributed by atoms with Crippen molar-refractivity contribution in [1.82, 2.24) is 0 Å². The Morgan fingerprint density at radius 2 is 2.08 bits per heavy atom. The number of nitrogens with zero attached hydrogens (tertiary/aromatic N) is 2. The number of nitro benzene ring substituents is 1. The van der Waals surface area contributed by atoms with Crippen molar-refractivity contribution in [3.63, 3.8) is 0 Å². The Balaban J connectivity index is 1.87. The van der Waals surface area contributed by atoms with E-state index in [0.717, 1.165) is 0 Å². The van der Waals surface area contributed by atoms with Crippen molar-refractivity contribution in [2.75, 3.05) is 18.4 Å². The van der Waals surface area contributed by atoms with E-state index in [4.69, 9.17) is 23.2 Å². The number of halogens is 2. The van der Waals surface area contributed by atoms with Gasteiger partial charge in [-0.3, -0.25) is 15.1 Å². The second-order valence-electron chi connectivity index (χ2n) is 4.91. The van der Waals surface area contributed by atoms with Crippen LogP contribution >= 0.6 is 23.2 Å². The van der Waals surface area contributed by atoms with Gasteiger partial charge in [0.1, 0.15) is 11.4 Å². The van der Waals surface area contributed by atoms with Gasteiger partial charge >= 0.3 is 0 Å². The number of nitrogens with one attached hydrogen (secondary N) is 1. The van der Waals surface area contributed by atoms with E-state index in [2.05, 4.69) is 10.3 Å². The van der Waals surface area contributed by atoms with E-state index in [0.29, 0.717) is 40.8 Å². The third-order valence-electron chi connectivity index (χ3n) is 3.17. The first-order valence-corrected chi connectivity index (χ1v) is 7.89. The van der Waals surface area contributed by atoms with Crippen LogP contribution < -0.4 is 5.32 Å². The third kappa shape index (κ3) is 4.84. The monoisotopic (exact) mass is 367 g/mol. The highest BCUT2D eigenvalue weighted by molar-refractivity contribution is 6.33. The van der Waals surface area contributed by atoms with E-state index in [-0.39, 0.29) is 11.4 Å². The second kappa shape index (κ2) is 8.52. The number of hydrogen-bond acceptors (Lipinski definition) is 5. The normalized spacial score (nSPS) is 10.9. The number of anilines is 1. The number of hydrogen-bond donors (Lipinski definition) is 2. The van der Waals surface area contributed by atoms with Crippen molar-refractivity contribution in [1.29, 1.82) is 0 Å². The van der Waals surface area contributed by atoms with E-state index in [1.165, 1.54) is 18.2 Å². The highest BCUT2D eigenvalue weighted by Crippen LogP contribution is 2.31. The molecular formula is C16H15Cl2N3O3. The highest BCUT2D eigenvalue weighted by Gasteiger charge is 2.15. The molecule has 2 rings (SSSR count). The molecule has 0 unspecified atom stereocenters. The molecule has 0 amide bonds. The van der Waals surface area contributed by atoms with Gasteiger partial charge in [0.05, 0.1) is 9.95 Å². The standard InChI is InChI=1S/C16H15Cl2N3O3/c17-12-5-6-15(22)11(9-12)10-19-7-2-8-20-16-13(18)3-1-4-14(16)21(23)24/h1,3-6,9-10,20,22H,2,7-8H2. The molecule has 2 aromatic carbocycles. The lowest BCUT2D eigenvalue weighted by molar-refractivity contribution is -0.383. The van der Waals surface area contributed by atoms with Gasteiger partial charge in [0, 0.05) is 36.0 Å². The van der Waals surface area contributed by atoms with Crippen LogP contribution in [-0.2, 0) is 0 Å². The molecule has 0 saturated carbocycles. The molecule has 0 aromatic heterocycles. The summed E-state index contributed by atoms with van der Waals surface area (Å²) in [4.78, 5) is 14.7. The topological polar surface area (TPSA) is 87.8 Å². The SMILES string of the molecule is O=[N+]([O-])c1cccc(Cl)c1NCCCN=Cc1cc(Cl)ccc1O. The number of para-hydroxylation sites is 1. The molecule has 24 heavy (non-hydrogen) atoms. The van der Waals surface area contributed by atoms with Crippen LogP contribution in [0, 0.1) is 10.1 Å². The van der Waals surface area contributed by atoms with Crippen LogP contribution in [0.15, 0.2) is 41.4 Å². The lowest BCUT2D eigenvalue weighted by Crippen LogP contribution is -2.06. The Bertz CT molecular complexity index is 766. The number of nitro groups is 1. The van der Waals surface area contributed by atoms with Crippen LogP contribution in [0.1, 0.15) is 12.0 Å². The lowest BCUT2D eigenvalue weighted by atomic mass is 10.2. The predicted octanol–water partition coefficient (Wildman–Crippen LogP) is 4.53. The first-order valence-electron chi connectivity index (χ1n) is 7.14. The zero-order chi connectivity index (χ0) is 17.5. The van der Waals surface area contributed by atoms with Crippen LogP contribution in [0.25, 0.3) is 0 Å². The third-order valence-corrected chi connectivity index (χ3v) is 3.72. The summed E-state index contributed by atoms with van der Waals surface area (Å²) >= 11 is 11.8. The van der Waals surface area contributed by atoms with Gasteiger partial charge in [-0.05, 0) is 30.7 Å². The summed E-state index contributed by atoms with van der Waals surface area (Å²) in [6.07, 6.45) is 2.18. The second-order valence-corrected chi connectivity index (χ2v) is 5.75. The maximum atomic E-state index is 11.0. The van der Waals surface area contributed by atoms with Crippen molar-refractivity contribution in [2.24, 2.45) is 4.99 Å². The summed E-state index contributed by atoms with van der Waals surface area (Å²) in [5.41, 5.74) is 0.785. The fourth-order valence-corrected chi connectivity index (χ4v) is 2.43. The Hall–Kier alpha value is -2.31. The van der Waals surface area contributed by atoms with Crippen molar-refractivity contribution in [3.05, 3.63) is 62.1 Å². The van der Waals surface area contributed by atoms with Gasteiger partial charge < -0.3 is 10.4 Å². The molecule has 0 aliphatic carbocycles. The van der Waals surface area contributed by atoms with Crippen molar-refractivity contribution < 1.29 is 10.0 Å². The van der Waals surface area contributed by atoms with Gasteiger partial charge in [0.15, 0.2) is 0 Å². The number of phenolic OH excluding ortho intramolecular Hbond substituents is 1. The maximum absolute atomic E-state index is 11.0. The van der Waals surface area contributed by atoms with E-state index in [1.54, 1.807) is 24.4 Å². The van der Waals surface area contributed by atoms with Crippen LogP contribution in [0.4, 0.5) is 11.4 Å². The number of aromatic hydroxyl groups is 1. The Labute approximate surface area is 148 Å². The number of phenols is 1. The molecule has 126 valence electrons. The fraction of sp³-hybridized carbons (Fsp3) is 0.188. The summed E-state index contributed by atoms with van der Waals surface area (Å²) in [6.45, 7) is 0.959. The number of benzene rings is 2. The largest absolute Gasteiger partial charge is 0.507 e. The molecule has 0 radical (unpaired) electrons. The van der Waals surface area contributed by atoms with Crippen molar-refractivity contribution in [3.8, 4) is 5.75 Å². The van der Waals surface area contributed by atoms with Gasteiger partial charge in [-0.25, -0.2) is 0 Å². The number of rotatable bonds is 7. The minimum atomic E-state index is -0.478. The fourth-order valence-electron chi connectivity index (χ4n) is 2.02. The Morgan fingerprint density at radius 1 is 1.29 bits per heavy atom. The maximum Gasteiger partial charge on any atom is 0.293 e. The summed E-state index contributed by atoms with van der Waals surface area (Å²) in [5, 5.41) is 24.4. The molecule has 0 atom stereocenters. The first-order chi connectivity index (χ1) is 11.5. The van der Waals surface area contributed by atoms with E-state index in [9.17, 15) is 15.2 Å². The van der Waals surface area contributed by atoms with Crippen LogP contribution in [0.5, 0.6) is 5.75 Å². The molecule has 0 aliphatic rings. The molecule has 0 heterocycles. The molecule has 2 N–H and O–H groups in total. The van der Waals surface area contributed by atoms with Gasteiger partial charge in [0.2, 0.25) is 0 Å². The molecule has 2 aromatic rings. The molecule has 0 aliphatic heterocycles. The van der Waals surface area contributed by atoms with Crippen molar-refractivity contribution >= 4 is 40.8 Å². The highest BCUT2D eigenvalue weighted by atomic mass is 35.5. The molecule has 8 heteroatoms. The Morgan fingerprint density at radius 3 is 2.83 bits per heavy atom. The van der Waals surface area contributed by atoms with Crippen LogP contribution in [0.3, 0.4) is 0 Å². The Kier molecular flexibility index (Phi) is 6.40. The lowest BCUT2D eigenvalue weighted by Gasteiger charge is -2.07. The summed E-state index contributed by atoms with van der Waals surface area (Å²) in [5.74, 6) is 0.105. The zero-order valence-electron chi connectivity index (χ0n) is 12.6. The molecule has 0 spiro atoms. The van der Waals surface area contributed by atoms with Crippen LogP contribution in [-0.4, -0.2) is 29.3 Å². The molecule has 0 bridgehead atoms. The molecule has 0 saturated heterocycles. The molecule has 0 fully saturated rings. The van der Waals surface area contributed by atoms with Gasteiger partial charge in [-0.1, -0.05) is 29.3 Å². The number of aliphatic imine (C=N–C) groups is 1. The smallest absolute Gasteiger partial charge is 0.293 e. The average Bonchev–Trinajstić information content (AvgIpc) is 2.54. The van der Waals surface area contributed by atoms with E-state index < -0.39 is 4.92 Å². The first kappa shape index (κ1) is 18.0.